The molecule has 0 bridgehead atoms. The van der Waals surface area contributed by atoms with E-state index in [1.54, 1.807) is 16.0 Å². The van der Waals surface area contributed by atoms with Crippen LogP contribution < -0.4 is 4.90 Å². The first-order valence-corrected chi connectivity index (χ1v) is 10.2. The molecule has 3 aromatic heterocycles. The van der Waals surface area contributed by atoms with E-state index in [4.69, 9.17) is 4.98 Å². The summed E-state index contributed by atoms with van der Waals surface area (Å²) in [4.78, 5) is 11.4. The number of rotatable bonds is 3. The van der Waals surface area contributed by atoms with Crippen LogP contribution in [0.2, 0.25) is 0 Å². The minimum absolute atomic E-state index is 0.00396. The number of aromatic amines is 1. The van der Waals surface area contributed by atoms with Crippen molar-refractivity contribution in [1.29, 1.82) is 0 Å². The van der Waals surface area contributed by atoms with Gasteiger partial charge in [0.15, 0.2) is 0 Å². The highest BCUT2D eigenvalue weighted by Gasteiger charge is 2.24. The molecule has 0 fully saturated rings. The maximum atomic E-state index is 14.2. The van der Waals surface area contributed by atoms with Crippen LogP contribution >= 0.6 is 11.3 Å². The van der Waals surface area contributed by atoms with Gasteiger partial charge in [0.05, 0.1) is 11.3 Å². The molecule has 0 unspecified atom stereocenters. The van der Waals surface area contributed by atoms with Crippen LogP contribution in [0, 0.1) is 18.6 Å². The van der Waals surface area contributed by atoms with E-state index in [1.165, 1.54) is 18.2 Å². The molecule has 8 heteroatoms. The maximum absolute atomic E-state index is 14.2. The first-order chi connectivity index (χ1) is 14.0. The average molecular weight is 411 g/mol. The van der Waals surface area contributed by atoms with Crippen LogP contribution in [0.4, 0.5) is 14.6 Å². The first kappa shape index (κ1) is 18.1. The van der Waals surface area contributed by atoms with Crippen LogP contribution in [0.15, 0.2) is 36.5 Å². The van der Waals surface area contributed by atoms with E-state index in [-0.39, 0.29) is 5.56 Å². The molecule has 0 saturated heterocycles. The summed E-state index contributed by atoms with van der Waals surface area (Å²) in [7, 11) is 1.89. The largest absolute Gasteiger partial charge is 0.358 e. The van der Waals surface area contributed by atoms with E-state index in [0.717, 1.165) is 45.6 Å². The predicted molar refractivity (Wildman–Crippen MR) is 110 cm³/mol. The van der Waals surface area contributed by atoms with Gasteiger partial charge >= 0.3 is 0 Å². The van der Waals surface area contributed by atoms with Crippen LogP contribution in [0.5, 0.6) is 0 Å². The van der Waals surface area contributed by atoms with E-state index in [1.807, 2.05) is 25.4 Å². The minimum atomic E-state index is -0.559. The topological polar surface area (TPSA) is 49.7 Å². The molecule has 1 aromatic carbocycles. The lowest BCUT2D eigenvalue weighted by atomic mass is 10.1. The van der Waals surface area contributed by atoms with Gasteiger partial charge < -0.3 is 9.88 Å². The monoisotopic (exact) mass is 411 g/mol. The molecule has 0 aliphatic carbocycles. The van der Waals surface area contributed by atoms with Gasteiger partial charge in [-0.2, -0.15) is 5.10 Å². The van der Waals surface area contributed by atoms with Crippen LogP contribution in [-0.4, -0.2) is 26.3 Å². The van der Waals surface area contributed by atoms with Crippen molar-refractivity contribution in [2.75, 3.05) is 11.4 Å². The number of halogens is 2. The van der Waals surface area contributed by atoms with E-state index >= 15 is 0 Å². The lowest BCUT2D eigenvalue weighted by Crippen LogP contribution is -2.30. The van der Waals surface area contributed by atoms with Gasteiger partial charge in [0.1, 0.15) is 28.2 Å². The molecule has 0 atom stereocenters. The van der Waals surface area contributed by atoms with Gasteiger partial charge in [-0.05, 0) is 36.8 Å². The molecule has 29 heavy (non-hydrogen) atoms. The van der Waals surface area contributed by atoms with Crippen molar-refractivity contribution in [3.63, 3.8) is 0 Å². The summed E-state index contributed by atoms with van der Waals surface area (Å²) in [5.41, 5.74) is 3.41. The van der Waals surface area contributed by atoms with E-state index in [9.17, 15) is 8.78 Å². The summed E-state index contributed by atoms with van der Waals surface area (Å²) in [6, 6.07) is 7.75. The summed E-state index contributed by atoms with van der Waals surface area (Å²) >= 11 is 1.63. The molecule has 0 radical (unpaired) electrons. The Morgan fingerprint density at radius 3 is 2.69 bits per heavy atom. The zero-order valence-electron chi connectivity index (χ0n) is 16.0. The Hall–Kier alpha value is -3.00. The van der Waals surface area contributed by atoms with Crippen LogP contribution in [-0.2, 0) is 20.0 Å². The number of nitrogens with one attached hydrogen (secondary N) is 1. The average Bonchev–Trinajstić information content (AvgIpc) is 3.39. The zero-order valence-corrected chi connectivity index (χ0v) is 16.9. The Kier molecular flexibility index (Phi) is 4.24. The van der Waals surface area contributed by atoms with E-state index in [0.29, 0.717) is 12.2 Å². The molecular formula is C21H19F2N5S. The number of hydrogen-bond donors (Lipinski definition) is 1. The standard InChI is InChI=1S/C21H19F2N5S/c1-12-20(25-21(29-12)17-6-8-27(2)26-17)28-9-7-16-13(11-28)10-18(24-16)19-14(22)4-3-5-15(19)23/h3-6,8,10,24H,7,9,11H2,1-2H3. The molecule has 1 N–H and O–H groups in total. The van der Waals surface area contributed by atoms with Gasteiger partial charge in [-0.1, -0.05) is 6.07 Å². The summed E-state index contributed by atoms with van der Waals surface area (Å²) < 4.78 is 30.1. The molecule has 0 spiro atoms. The lowest BCUT2D eigenvalue weighted by molar-refractivity contribution is 0.589. The summed E-state index contributed by atoms with van der Waals surface area (Å²) in [5.74, 6) is -0.173. The molecule has 5 nitrogen and oxygen atoms in total. The summed E-state index contributed by atoms with van der Waals surface area (Å²) in [6.45, 7) is 3.50. The third-order valence-corrected chi connectivity index (χ3v) is 6.20. The van der Waals surface area contributed by atoms with E-state index in [2.05, 4.69) is 21.9 Å². The second kappa shape index (κ2) is 6.81. The zero-order chi connectivity index (χ0) is 20.1. The number of fused-ring (bicyclic) bond motifs is 1. The highest BCUT2D eigenvalue weighted by Crippen LogP contribution is 2.35. The van der Waals surface area contributed by atoms with E-state index < -0.39 is 11.6 Å². The molecule has 4 heterocycles. The Bertz CT molecular complexity index is 1190. The fourth-order valence-electron chi connectivity index (χ4n) is 3.83. The third kappa shape index (κ3) is 3.13. The first-order valence-electron chi connectivity index (χ1n) is 9.37. The van der Waals surface area contributed by atoms with Gasteiger partial charge in [-0.3, -0.25) is 4.68 Å². The molecule has 1 aliphatic heterocycles. The van der Waals surface area contributed by atoms with Gasteiger partial charge in [0.2, 0.25) is 0 Å². The number of anilines is 1. The highest BCUT2D eigenvalue weighted by atomic mass is 32.1. The smallest absolute Gasteiger partial charge is 0.146 e. The Morgan fingerprint density at radius 1 is 1.17 bits per heavy atom. The number of benzene rings is 1. The molecule has 5 rings (SSSR count). The number of aromatic nitrogens is 4. The van der Waals surface area contributed by atoms with Gasteiger partial charge in [0, 0.05) is 43.3 Å². The summed E-state index contributed by atoms with van der Waals surface area (Å²) in [6.07, 6.45) is 2.67. The molecule has 0 amide bonds. The second-order valence-corrected chi connectivity index (χ2v) is 8.43. The van der Waals surface area contributed by atoms with Crippen molar-refractivity contribution in [3.05, 3.63) is 64.3 Å². The maximum Gasteiger partial charge on any atom is 0.146 e. The van der Waals surface area contributed by atoms with Crippen LogP contribution in [0.25, 0.3) is 22.0 Å². The number of nitrogens with zero attached hydrogens (tertiary/aromatic N) is 4. The minimum Gasteiger partial charge on any atom is -0.358 e. The normalized spacial score (nSPS) is 13.7. The Morgan fingerprint density at radius 2 is 1.97 bits per heavy atom. The van der Waals surface area contributed by atoms with Crippen LogP contribution in [0.1, 0.15) is 16.1 Å². The molecule has 148 valence electrons. The molecular weight excluding hydrogens is 392 g/mol. The van der Waals surface area contributed by atoms with Crippen molar-refractivity contribution in [2.45, 2.75) is 19.9 Å². The van der Waals surface area contributed by atoms with Gasteiger partial charge in [0.25, 0.3) is 0 Å². The highest BCUT2D eigenvalue weighted by molar-refractivity contribution is 7.15. The van der Waals surface area contributed by atoms with Gasteiger partial charge in [-0.25, -0.2) is 13.8 Å². The van der Waals surface area contributed by atoms with Crippen LogP contribution in [0.3, 0.4) is 0 Å². The Labute approximate surface area is 170 Å². The fourth-order valence-corrected chi connectivity index (χ4v) is 4.73. The van der Waals surface area contributed by atoms with Crippen molar-refractivity contribution >= 4 is 17.2 Å². The molecule has 0 saturated carbocycles. The predicted octanol–water partition coefficient (Wildman–Crippen LogP) is 4.69. The lowest BCUT2D eigenvalue weighted by Gasteiger charge is -2.27. The molecule has 1 aliphatic rings. The second-order valence-electron chi connectivity index (χ2n) is 7.23. The Balaban J connectivity index is 1.45. The molecule has 4 aromatic rings. The van der Waals surface area contributed by atoms with Crippen molar-refractivity contribution in [3.8, 4) is 22.0 Å². The quantitative estimate of drug-likeness (QED) is 0.532. The van der Waals surface area contributed by atoms with Crippen molar-refractivity contribution in [2.24, 2.45) is 7.05 Å². The number of aryl methyl sites for hydroxylation is 2. The van der Waals surface area contributed by atoms with Crippen molar-refractivity contribution < 1.29 is 8.78 Å². The number of thiazole rings is 1. The van der Waals surface area contributed by atoms with Gasteiger partial charge in [-0.15, -0.1) is 11.3 Å². The fraction of sp³-hybridized carbons (Fsp3) is 0.238. The number of hydrogen-bond acceptors (Lipinski definition) is 4. The third-order valence-electron chi connectivity index (χ3n) is 5.22. The number of H-pyrrole nitrogens is 1. The van der Waals surface area contributed by atoms with Crippen molar-refractivity contribution in [1.82, 2.24) is 19.7 Å². The SMILES string of the molecule is Cc1sc(-c2ccn(C)n2)nc1N1CCc2[nH]c(-c3c(F)cccc3F)cc2C1. The summed E-state index contributed by atoms with van der Waals surface area (Å²) in [5, 5.41) is 5.34.